The van der Waals surface area contributed by atoms with Gasteiger partial charge in [0.15, 0.2) is 11.6 Å². The summed E-state index contributed by atoms with van der Waals surface area (Å²) < 4.78 is 11.3. The summed E-state index contributed by atoms with van der Waals surface area (Å²) in [5.41, 5.74) is -0.0256. The van der Waals surface area contributed by atoms with Gasteiger partial charge in [-0.25, -0.2) is 0 Å². The summed E-state index contributed by atoms with van der Waals surface area (Å²) >= 11 is 0. The van der Waals surface area contributed by atoms with E-state index in [4.69, 9.17) is 0 Å². The minimum atomic E-state index is -5.13. The van der Waals surface area contributed by atoms with Crippen LogP contribution in [-0.4, -0.2) is 11.6 Å². The van der Waals surface area contributed by atoms with E-state index in [1.165, 1.54) is 24.3 Å². The van der Waals surface area contributed by atoms with Crippen molar-refractivity contribution in [2.45, 2.75) is 0 Å². The Kier molecular flexibility index (Phi) is 6.56. The van der Waals surface area contributed by atoms with Crippen LogP contribution in [0.4, 0.5) is 0 Å². The van der Waals surface area contributed by atoms with E-state index >= 15 is 0 Å². The summed E-state index contributed by atoms with van der Waals surface area (Å²) in [6.45, 7) is 0. The van der Waals surface area contributed by atoms with Gasteiger partial charge in [0.1, 0.15) is 0 Å². The summed E-state index contributed by atoms with van der Waals surface area (Å²) in [5.74, 6) is -1.07. The van der Waals surface area contributed by atoms with Gasteiger partial charge in [0.2, 0.25) is 0 Å². The average Bonchev–Trinajstić information content (AvgIpc) is 2.43. The van der Waals surface area contributed by atoms with Crippen LogP contribution in [0.15, 0.2) is 42.5 Å². The van der Waals surface area contributed by atoms with Gasteiger partial charge in [-0.1, -0.05) is 42.5 Å². The van der Waals surface area contributed by atoms with E-state index < -0.39 is 24.5 Å². The molecular formula is C14H7Na2O5P. The molecule has 0 unspecified atom stereocenters. The Bertz CT molecular complexity index is 813. The van der Waals surface area contributed by atoms with Crippen LogP contribution in [0.1, 0.15) is 31.8 Å². The molecule has 2 aromatic rings. The largest absolute Gasteiger partial charge is 1.00 e. The number of fused-ring (bicyclic) bond motifs is 2. The van der Waals surface area contributed by atoms with E-state index in [1.54, 1.807) is 12.1 Å². The Morgan fingerprint density at radius 2 is 1.23 bits per heavy atom. The normalized spacial score (nSPS) is 12.6. The molecule has 1 aliphatic rings. The minimum Gasteiger partial charge on any atom is -0.807 e. The van der Waals surface area contributed by atoms with Crippen molar-refractivity contribution in [2.24, 2.45) is 0 Å². The molecule has 5 nitrogen and oxygen atoms in total. The fraction of sp³-hybridized carbons (Fsp3) is 0. The van der Waals surface area contributed by atoms with Crippen LogP contribution in [-0.2, 0) is 4.57 Å². The first-order valence-electron chi connectivity index (χ1n) is 5.75. The summed E-state index contributed by atoms with van der Waals surface area (Å²) in [5, 5.41) is -0.622. The smallest absolute Gasteiger partial charge is 0.807 e. The molecule has 0 spiro atoms. The van der Waals surface area contributed by atoms with Crippen molar-refractivity contribution < 1.29 is 83.1 Å². The third-order valence-corrected chi connectivity index (χ3v) is 4.19. The van der Waals surface area contributed by atoms with E-state index in [0.29, 0.717) is 0 Å². The molecule has 0 aromatic heterocycles. The van der Waals surface area contributed by atoms with E-state index in [0.717, 1.165) is 6.07 Å². The average molecular weight is 332 g/mol. The molecule has 3 rings (SSSR count). The van der Waals surface area contributed by atoms with Gasteiger partial charge in [0.25, 0.3) is 0 Å². The van der Waals surface area contributed by atoms with Gasteiger partial charge in [-0.15, -0.1) is 0 Å². The number of carbonyl (C=O) groups excluding carboxylic acids is 2. The molecule has 8 heteroatoms. The van der Waals surface area contributed by atoms with Crippen LogP contribution >= 0.6 is 7.60 Å². The third kappa shape index (κ3) is 3.24. The molecule has 0 heterocycles. The van der Waals surface area contributed by atoms with Crippen LogP contribution in [0.3, 0.4) is 0 Å². The van der Waals surface area contributed by atoms with Gasteiger partial charge in [-0.2, -0.15) is 0 Å². The maximum atomic E-state index is 12.4. The summed E-state index contributed by atoms with van der Waals surface area (Å²) in [6, 6.07) is 9.82. The second-order valence-corrected chi connectivity index (χ2v) is 5.88. The SMILES string of the molecule is O=C1c2ccccc2C(=O)c2c1cccc2P(=O)([O-])[O-].[Na+].[Na+]. The molecule has 0 saturated heterocycles. The van der Waals surface area contributed by atoms with Crippen molar-refractivity contribution in [3.05, 3.63) is 64.7 Å². The first kappa shape index (κ1) is 20.0. The maximum Gasteiger partial charge on any atom is 1.00 e. The fourth-order valence-electron chi connectivity index (χ4n) is 2.36. The molecule has 0 N–H and O–H groups in total. The molecule has 0 atom stereocenters. The van der Waals surface area contributed by atoms with E-state index in [2.05, 4.69) is 0 Å². The number of benzene rings is 2. The van der Waals surface area contributed by atoms with E-state index in [-0.39, 0.29) is 81.4 Å². The van der Waals surface area contributed by atoms with Gasteiger partial charge in [-0.05, 0) is 12.9 Å². The second kappa shape index (κ2) is 7.22. The summed E-state index contributed by atoms with van der Waals surface area (Å²) in [6.07, 6.45) is 0. The van der Waals surface area contributed by atoms with Crippen LogP contribution < -0.4 is 74.2 Å². The second-order valence-electron chi connectivity index (χ2n) is 4.40. The van der Waals surface area contributed by atoms with Crippen molar-refractivity contribution in [1.29, 1.82) is 0 Å². The Morgan fingerprint density at radius 3 is 1.77 bits per heavy atom. The first-order chi connectivity index (χ1) is 9.41. The molecule has 100 valence electrons. The maximum absolute atomic E-state index is 12.4. The Morgan fingerprint density at radius 1 is 0.727 bits per heavy atom. The van der Waals surface area contributed by atoms with Crippen LogP contribution in [0, 0.1) is 0 Å². The van der Waals surface area contributed by atoms with Gasteiger partial charge in [0, 0.05) is 22.3 Å². The predicted molar refractivity (Wildman–Crippen MR) is 67.0 cm³/mol. The van der Waals surface area contributed by atoms with Crippen LogP contribution in [0.2, 0.25) is 0 Å². The number of rotatable bonds is 1. The number of ketones is 2. The molecular weight excluding hydrogens is 325 g/mol. The molecule has 0 saturated carbocycles. The van der Waals surface area contributed by atoms with Crippen molar-refractivity contribution in [3.63, 3.8) is 0 Å². The molecule has 0 radical (unpaired) electrons. The topological polar surface area (TPSA) is 97.3 Å². The fourth-order valence-corrected chi connectivity index (χ4v) is 3.12. The minimum absolute atomic E-state index is 0. The van der Waals surface area contributed by atoms with Crippen molar-refractivity contribution in [2.75, 3.05) is 0 Å². The molecule has 1 aliphatic carbocycles. The third-order valence-electron chi connectivity index (χ3n) is 3.23. The molecule has 0 aliphatic heterocycles. The van der Waals surface area contributed by atoms with Gasteiger partial charge < -0.3 is 14.4 Å². The quantitative estimate of drug-likeness (QED) is 0.326. The Balaban J connectivity index is 0.00000121. The number of carbonyl (C=O) groups is 2. The Labute approximate surface area is 170 Å². The van der Waals surface area contributed by atoms with Crippen molar-refractivity contribution >= 4 is 24.5 Å². The first-order valence-corrected chi connectivity index (χ1v) is 7.29. The zero-order chi connectivity index (χ0) is 14.5. The van der Waals surface area contributed by atoms with Crippen LogP contribution in [0.5, 0.6) is 0 Å². The molecule has 0 amide bonds. The zero-order valence-electron chi connectivity index (χ0n) is 12.0. The van der Waals surface area contributed by atoms with E-state index in [1.807, 2.05) is 0 Å². The van der Waals surface area contributed by atoms with E-state index in [9.17, 15) is 23.9 Å². The summed E-state index contributed by atoms with van der Waals surface area (Å²) in [4.78, 5) is 47.2. The molecule has 2 aromatic carbocycles. The van der Waals surface area contributed by atoms with Crippen LogP contribution in [0.25, 0.3) is 0 Å². The standard InChI is InChI=1S/C14H9O5P.2Na/c15-13-8-4-1-2-5-9(8)14(16)12-10(13)6-3-7-11(12)20(17,18)19;;/h1-7H,(H2,17,18,19);;/q;2*+1/p-2. The molecule has 0 bridgehead atoms. The monoisotopic (exact) mass is 332 g/mol. The molecule has 0 fully saturated rings. The van der Waals surface area contributed by atoms with Crippen molar-refractivity contribution in [3.8, 4) is 0 Å². The number of hydrogen-bond donors (Lipinski definition) is 0. The van der Waals surface area contributed by atoms with Gasteiger partial charge >= 0.3 is 59.1 Å². The van der Waals surface area contributed by atoms with Gasteiger partial charge in [0.05, 0.1) is 0 Å². The van der Waals surface area contributed by atoms with Crippen molar-refractivity contribution in [1.82, 2.24) is 0 Å². The Hall–Kier alpha value is -0.0700. The summed E-state index contributed by atoms with van der Waals surface area (Å²) in [7, 11) is -5.13. The number of hydrogen-bond acceptors (Lipinski definition) is 5. The zero-order valence-corrected chi connectivity index (χ0v) is 16.9. The molecule has 22 heavy (non-hydrogen) atoms. The predicted octanol–water partition coefficient (Wildman–Crippen LogP) is -5.99. The van der Waals surface area contributed by atoms with Gasteiger partial charge in [-0.3, -0.25) is 9.59 Å².